The van der Waals surface area contributed by atoms with Crippen LogP contribution in [0.2, 0.25) is 0 Å². The number of methoxy groups -OCH3 is 1. The second-order valence-corrected chi connectivity index (χ2v) is 8.28. The fraction of sp³-hybridized carbons (Fsp3) is 0.333. The lowest BCUT2D eigenvalue weighted by Crippen LogP contribution is -2.30. The number of aromatic nitrogens is 3. The second kappa shape index (κ2) is 9.85. The highest BCUT2D eigenvalue weighted by molar-refractivity contribution is 5.72. The Hall–Kier alpha value is -3.76. The van der Waals surface area contributed by atoms with E-state index in [4.69, 9.17) is 4.74 Å². The van der Waals surface area contributed by atoms with Gasteiger partial charge in [-0.2, -0.15) is 13.2 Å². The summed E-state index contributed by atoms with van der Waals surface area (Å²) in [6.07, 6.45) is -0.252. The zero-order valence-corrected chi connectivity index (χ0v) is 18.7. The van der Waals surface area contributed by atoms with Crippen molar-refractivity contribution in [3.8, 4) is 16.9 Å². The Kier molecular flexibility index (Phi) is 6.86. The van der Waals surface area contributed by atoms with Gasteiger partial charge in [0.25, 0.3) is 5.56 Å². The largest absolute Gasteiger partial charge is 0.469 e. The van der Waals surface area contributed by atoms with Crippen LogP contribution in [0, 0.1) is 11.7 Å². The lowest BCUT2D eigenvalue weighted by Gasteiger charge is -2.27. The number of hydrogen-bond donors (Lipinski definition) is 1. The first-order valence-electron chi connectivity index (χ1n) is 10.9. The van der Waals surface area contributed by atoms with Crippen molar-refractivity contribution in [3.63, 3.8) is 0 Å². The van der Waals surface area contributed by atoms with Crippen LogP contribution in [0.15, 0.2) is 53.6 Å². The van der Waals surface area contributed by atoms with Crippen molar-refractivity contribution in [3.05, 3.63) is 70.5 Å². The van der Waals surface area contributed by atoms with Gasteiger partial charge in [-0.1, -0.05) is 12.1 Å². The molecule has 11 heteroatoms. The van der Waals surface area contributed by atoms with Gasteiger partial charge >= 0.3 is 12.1 Å². The summed E-state index contributed by atoms with van der Waals surface area (Å²) < 4.78 is 59.6. The number of hydrogen-bond acceptors (Lipinski definition) is 6. The Morgan fingerprint density at radius 3 is 2.57 bits per heavy atom. The van der Waals surface area contributed by atoms with Crippen LogP contribution in [0.1, 0.15) is 31.2 Å². The number of rotatable bonds is 5. The van der Waals surface area contributed by atoms with Crippen LogP contribution in [-0.4, -0.2) is 33.7 Å². The monoisotopic (exact) mass is 490 g/mol. The third-order valence-electron chi connectivity index (χ3n) is 5.98. The maximum absolute atomic E-state index is 14.6. The predicted molar refractivity (Wildman–Crippen MR) is 119 cm³/mol. The number of benzene rings is 1. The van der Waals surface area contributed by atoms with Gasteiger partial charge in [-0.3, -0.25) is 14.2 Å². The number of carbonyl (C=O) groups excluding carboxylic acids is 1. The molecule has 2 heterocycles. The van der Waals surface area contributed by atoms with Gasteiger partial charge in [0.15, 0.2) is 5.82 Å². The van der Waals surface area contributed by atoms with Crippen molar-refractivity contribution >= 4 is 11.9 Å². The number of nitrogens with one attached hydrogen (secondary N) is 1. The van der Waals surface area contributed by atoms with Gasteiger partial charge in [0, 0.05) is 29.6 Å². The Bertz CT molecular complexity index is 1280. The summed E-state index contributed by atoms with van der Waals surface area (Å²) in [5.74, 6) is -0.920. The van der Waals surface area contributed by atoms with E-state index in [1.807, 2.05) is 0 Å². The van der Waals surface area contributed by atoms with Crippen LogP contribution in [0.25, 0.3) is 16.9 Å². The van der Waals surface area contributed by atoms with E-state index in [1.54, 1.807) is 6.07 Å². The van der Waals surface area contributed by atoms with Gasteiger partial charge in [0.2, 0.25) is 5.95 Å². The lowest BCUT2D eigenvalue weighted by molar-refractivity contribution is -0.146. The molecule has 1 saturated carbocycles. The highest BCUT2D eigenvalue weighted by Crippen LogP contribution is 2.30. The minimum atomic E-state index is -4.62. The van der Waals surface area contributed by atoms with Crippen LogP contribution >= 0.6 is 0 Å². The van der Waals surface area contributed by atoms with Gasteiger partial charge in [0.1, 0.15) is 5.69 Å². The van der Waals surface area contributed by atoms with E-state index in [2.05, 4.69) is 15.3 Å². The third-order valence-corrected chi connectivity index (χ3v) is 5.98. The molecule has 7 nitrogen and oxygen atoms in total. The maximum atomic E-state index is 14.6. The molecular weight excluding hydrogens is 468 g/mol. The maximum Gasteiger partial charge on any atom is 0.417 e. The normalized spacial score (nSPS) is 18.2. The highest BCUT2D eigenvalue weighted by Gasteiger charge is 2.31. The van der Waals surface area contributed by atoms with Crippen LogP contribution in [0.3, 0.4) is 0 Å². The fourth-order valence-corrected chi connectivity index (χ4v) is 4.12. The molecule has 1 N–H and O–H groups in total. The number of nitrogens with zero attached hydrogens (tertiary/aromatic N) is 3. The van der Waals surface area contributed by atoms with Crippen molar-refractivity contribution in [2.45, 2.75) is 37.9 Å². The molecular formula is C24H22F4N4O3. The van der Waals surface area contributed by atoms with Crippen LogP contribution in [0.4, 0.5) is 23.5 Å². The number of anilines is 1. The Balaban J connectivity index is 1.58. The highest BCUT2D eigenvalue weighted by atomic mass is 19.4. The van der Waals surface area contributed by atoms with E-state index < -0.39 is 23.1 Å². The first kappa shape index (κ1) is 24.4. The Labute approximate surface area is 197 Å². The van der Waals surface area contributed by atoms with E-state index >= 15 is 0 Å². The summed E-state index contributed by atoms with van der Waals surface area (Å²) in [5, 5.41) is 3.15. The van der Waals surface area contributed by atoms with Gasteiger partial charge in [0.05, 0.1) is 24.8 Å². The number of carbonyl (C=O) groups is 1. The Morgan fingerprint density at radius 2 is 1.89 bits per heavy atom. The lowest BCUT2D eigenvalue weighted by atomic mass is 9.86. The molecule has 0 spiro atoms. The molecule has 184 valence electrons. The molecule has 0 unspecified atom stereocenters. The molecule has 0 amide bonds. The van der Waals surface area contributed by atoms with Crippen molar-refractivity contribution < 1.29 is 27.1 Å². The fourth-order valence-electron chi connectivity index (χ4n) is 4.12. The van der Waals surface area contributed by atoms with E-state index in [9.17, 15) is 27.2 Å². The predicted octanol–water partition coefficient (Wildman–Crippen LogP) is 4.60. The van der Waals surface area contributed by atoms with E-state index in [1.165, 1.54) is 25.3 Å². The number of alkyl halides is 3. The molecule has 0 bridgehead atoms. The number of halogens is 4. The first-order chi connectivity index (χ1) is 16.7. The molecule has 0 saturated heterocycles. The van der Waals surface area contributed by atoms with Gasteiger partial charge < -0.3 is 10.1 Å². The zero-order chi connectivity index (χ0) is 25.2. The van der Waals surface area contributed by atoms with E-state index in [0.29, 0.717) is 37.9 Å². The van der Waals surface area contributed by atoms with Crippen molar-refractivity contribution in [1.29, 1.82) is 0 Å². The smallest absolute Gasteiger partial charge is 0.417 e. The summed E-state index contributed by atoms with van der Waals surface area (Å²) in [5.41, 5.74) is -1.31. The van der Waals surface area contributed by atoms with E-state index in [-0.39, 0.29) is 40.8 Å². The topological polar surface area (TPSA) is 86.1 Å². The summed E-state index contributed by atoms with van der Waals surface area (Å²) in [6, 6.07) is 7.41. The number of ether oxygens (including phenoxy) is 1. The van der Waals surface area contributed by atoms with Crippen molar-refractivity contribution in [2.75, 3.05) is 12.4 Å². The zero-order valence-electron chi connectivity index (χ0n) is 18.7. The molecule has 1 aromatic carbocycles. The van der Waals surface area contributed by atoms with Gasteiger partial charge in [-0.15, -0.1) is 0 Å². The van der Waals surface area contributed by atoms with Crippen LogP contribution in [0.5, 0.6) is 0 Å². The molecule has 2 aromatic heterocycles. The minimum absolute atomic E-state index is 0.00997. The molecule has 0 atom stereocenters. The molecule has 1 fully saturated rings. The first-order valence-corrected chi connectivity index (χ1v) is 10.9. The average molecular weight is 490 g/mol. The summed E-state index contributed by atoms with van der Waals surface area (Å²) in [4.78, 5) is 32.2. The molecule has 3 aromatic rings. The molecule has 4 rings (SSSR count). The van der Waals surface area contributed by atoms with Gasteiger partial charge in [-0.25, -0.2) is 14.4 Å². The van der Waals surface area contributed by atoms with Gasteiger partial charge in [-0.05, 0) is 43.9 Å². The van der Waals surface area contributed by atoms with Crippen LogP contribution < -0.4 is 10.9 Å². The quantitative estimate of drug-likeness (QED) is 0.416. The second-order valence-electron chi connectivity index (χ2n) is 8.28. The summed E-state index contributed by atoms with van der Waals surface area (Å²) >= 11 is 0. The number of esters is 1. The van der Waals surface area contributed by atoms with Crippen molar-refractivity contribution in [1.82, 2.24) is 14.5 Å². The molecule has 1 aliphatic carbocycles. The van der Waals surface area contributed by atoms with Crippen molar-refractivity contribution in [2.24, 2.45) is 5.92 Å². The molecule has 1 aliphatic rings. The molecule has 35 heavy (non-hydrogen) atoms. The summed E-state index contributed by atoms with van der Waals surface area (Å²) in [7, 11) is 1.36. The average Bonchev–Trinajstić information content (AvgIpc) is 2.85. The Morgan fingerprint density at radius 1 is 1.14 bits per heavy atom. The number of pyridine rings is 1. The molecule has 0 aliphatic heterocycles. The van der Waals surface area contributed by atoms with Crippen LogP contribution in [-0.2, 0) is 15.7 Å². The SMILES string of the molecule is COC(=O)[C@H]1CC[C@H](Nc2ncc(F)c(-c3cccc(-n4cc(C(F)(F)F)ccc4=O)c3)n2)CC1. The summed E-state index contributed by atoms with van der Waals surface area (Å²) in [6.45, 7) is 0. The molecule has 0 radical (unpaired) electrons. The minimum Gasteiger partial charge on any atom is -0.469 e. The standard InChI is InChI=1S/C24H22F4N4O3/c1-35-22(34)14-5-8-17(9-6-14)30-23-29-12-19(25)21(31-23)15-3-2-4-18(11-15)32-13-16(24(26,27)28)7-10-20(32)33/h2-4,7,10-14,17H,5-6,8-9H2,1H3,(H,29,30,31)/t14-,17-. The van der Waals surface area contributed by atoms with E-state index in [0.717, 1.165) is 16.8 Å². The third kappa shape index (κ3) is 5.50.